The molecule has 1 saturated heterocycles. The molecule has 0 spiro atoms. The minimum absolute atomic E-state index is 0.160. The van der Waals surface area contributed by atoms with Crippen molar-refractivity contribution < 1.29 is 9.53 Å². The van der Waals surface area contributed by atoms with Gasteiger partial charge in [0.1, 0.15) is 6.04 Å². The van der Waals surface area contributed by atoms with Gasteiger partial charge < -0.3 is 9.64 Å². The van der Waals surface area contributed by atoms with Gasteiger partial charge in [-0.1, -0.05) is 30.3 Å². The summed E-state index contributed by atoms with van der Waals surface area (Å²) in [5.41, 5.74) is 1.03. The Kier molecular flexibility index (Phi) is 4.12. The number of nitrogens with one attached hydrogen (secondary N) is 1. The van der Waals surface area contributed by atoms with Crippen LogP contribution in [0.3, 0.4) is 0 Å². The van der Waals surface area contributed by atoms with Crippen molar-refractivity contribution in [2.24, 2.45) is 0 Å². The van der Waals surface area contributed by atoms with Gasteiger partial charge in [-0.15, -0.1) is 0 Å². The van der Waals surface area contributed by atoms with Gasteiger partial charge in [-0.25, -0.2) is 0 Å². The lowest BCUT2D eigenvalue weighted by Gasteiger charge is -2.14. The smallest absolute Gasteiger partial charge is 0.245 e. The number of rotatable bonds is 5. The predicted octanol–water partition coefficient (Wildman–Crippen LogP) is 1.15. The van der Waals surface area contributed by atoms with E-state index in [1.807, 2.05) is 35.2 Å². The zero-order valence-electron chi connectivity index (χ0n) is 10.1. The number of hydrogen-bond donors (Lipinski definition) is 1. The molecule has 0 saturated carbocycles. The van der Waals surface area contributed by atoms with Crippen LogP contribution in [0.25, 0.3) is 0 Å². The quantitative estimate of drug-likeness (QED) is 0.777. The number of benzene rings is 1. The molecule has 1 aliphatic rings. The van der Waals surface area contributed by atoms with Crippen LogP contribution >= 0.6 is 0 Å². The van der Waals surface area contributed by atoms with Crippen LogP contribution in [-0.4, -0.2) is 37.7 Å². The zero-order chi connectivity index (χ0) is 12.1. The van der Waals surface area contributed by atoms with E-state index in [4.69, 9.17) is 4.74 Å². The third-order valence-electron chi connectivity index (χ3n) is 2.95. The maximum Gasteiger partial charge on any atom is 0.245 e. The summed E-state index contributed by atoms with van der Waals surface area (Å²) >= 11 is 0. The fraction of sp³-hybridized carbons (Fsp3) is 0.462. The lowest BCUT2D eigenvalue weighted by atomic mass is 10.1. The van der Waals surface area contributed by atoms with Crippen molar-refractivity contribution >= 4 is 5.91 Å². The third kappa shape index (κ3) is 2.84. The first kappa shape index (κ1) is 12.1. The molecule has 0 radical (unpaired) electrons. The molecule has 0 bridgehead atoms. The monoisotopic (exact) mass is 234 g/mol. The summed E-state index contributed by atoms with van der Waals surface area (Å²) in [6, 6.07) is 9.65. The van der Waals surface area contributed by atoms with Crippen LogP contribution in [0, 0.1) is 0 Å². The standard InChI is InChI=1S/C13H18N2O2/c1-17-9-5-8-15-10-14-12(13(15)16)11-6-3-2-4-7-11/h2-4,6-7,12,14H,5,8-10H2,1H3. The van der Waals surface area contributed by atoms with Gasteiger partial charge in [0.05, 0.1) is 6.67 Å². The SMILES string of the molecule is COCCCN1CNC(c2ccccc2)C1=O. The number of amides is 1. The van der Waals surface area contributed by atoms with E-state index in [1.165, 1.54) is 0 Å². The summed E-state index contributed by atoms with van der Waals surface area (Å²) in [6.45, 7) is 2.07. The molecule has 1 aliphatic heterocycles. The van der Waals surface area contributed by atoms with Gasteiger partial charge >= 0.3 is 0 Å². The van der Waals surface area contributed by atoms with E-state index in [-0.39, 0.29) is 11.9 Å². The second-order valence-corrected chi connectivity index (χ2v) is 4.15. The fourth-order valence-corrected chi connectivity index (χ4v) is 2.04. The third-order valence-corrected chi connectivity index (χ3v) is 2.95. The highest BCUT2D eigenvalue weighted by Crippen LogP contribution is 2.20. The highest BCUT2D eigenvalue weighted by Gasteiger charge is 2.31. The number of carbonyl (C=O) groups is 1. The van der Waals surface area contributed by atoms with Gasteiger partial charge in [0.15, 0.2) is 0 Å². The molecule has 17 heavy (non-hydrogen) atoms. The highest BCUT2D eigenvalue weighted by molar-refractivity contribution is 5.85. The summed E-state index contributed by atoms with van der Waals surface area (Å²) in [7, 11) is 1.68. The first-order chi connectivity index (χ1) is 8.33. The Morgan fingerprint density at radius 3 is 2.88 bits per heavy atom. The Morgan fingerprint density at radius 1 is 1.41 bits per heavy atom. The van der Waals surface area contributed by atoms with Gasteiger partial charge in [0.25, 0.3) is 0 Å². The molecule has 1 unspecified atom stereocenters. The number of ether oxygens (including phenoxy) is 1. The summed E-state index contributed by atoms with van der Waals surface area (Å²) < 4.78 is 4.99. The number of hydrogen-bond acceptors (Lipinski definition) is 3. The van der Waals surface area contributed by atoms with Crippen LogP contribution in [0.1, 0.15) is 18.0 Å². The number of methoxy groups -OCH3 is 1. The Labute approximate surface area is 102 Å². The van der Waals surface area contributed by atoms with Crippen LogP contribution in [-0.2, 0) is 9.53 Å². The molecule has 1 N–H and O–H groups in total. The lowest BCUT2D eigenvalue weighted by Crippen LogP contribution is -2.28. The Hall–Kier alpha value is -1.39. The molecular formula is C13H18N2O2. The molecule has 1 heterocycles. The average Bonchev–Trinajstić information content (AvgIpc) is 2.73. The van der Waals surface area contributed by atoms with Gasteiger partial charge in [-0.05, 0) is 12.0 Å². The fourth-order valence-electron chi connectivity index (χ4n) is 2.04. The maximum absolute atomic E-state index is 12.1. The van der Waals surface area contributed by atoms with Gasteiger partial charge in [-0.2, -0.15) is 0 Å². The molecular weight excluding hydrogens is 216 g/mol. The minimum Gasteiger partial charge on any atom is -0.385 e. The van der Waals surface area contributed by atoms with Crippen molar-refractivity contribution in [3.8, 4) is 0 Å². The predicted molar refractivity (Wildman–Crippen MR) is 65.4 cm³/mol. The maximum atomic E-state index is 12.1. The number of carbonyl (C=O) groups excluding carboxylic acids is 1. The Bertz CT molecular complexity index is 367. The topological polar surface area (TPSA) is 41.6 Å². The molecule has 4 nitrogen and oxygen atoms in total. The minimum atomic E-state index is -0.182. The molecule has 1 fully saturated rings. The molecule has 1 atom stereocenters. The molecule has 0 aromatic heterocycles. The zero-order valence-corrected chi connectivity index (χ0v) is 10.1. The second kappa shape index (κ2) is 5.80. The second-order valence-electron chi connectivity index (χ2n) is 4.15. The first-order valence-corrected chi connectivity index (χ1v) is 5.89. The van der Waals surface area contributed by atoms with Crippen LogP contribution in [0.4, 0.5) is 0 Å². The normalized spacial score (nSPS) is 19.9. The van der Waals surface area contributed by atoms with Gasteiger partial charge in [0, 0.05) is 20.3 Å². The van der Waals surface area contributed by atoms with E-state index >= 15 is 0 Å². The van der Waals surface area contributed by atoms with Crippen molar-refractivity contribution in [2.45, 2.75) is 12.5 Å². The van der Waals surface area contributed by atoms with Crippen LogP contribution in [0.5, 0.6) is 0 Å². The van der Waals surface area contributed by atoms with Gasteiger partial charge in [-0.3, -0.25) is 10.1 Å². The molecule has 92 valence electrons. The Morgan fingerprint density at radius 2 is 2.18 bits per heavy atom. The van der Waals surface area contributed by atoms with E-state index in [2.05, 4.69) is 5.32 Å². The summed E-state index contributed by atoms with van der Waals surface area (Å²) in [6.07, 6.45) is 0.880. The molecule has 0 aliphatic carbocycles. The van der Waals surface area contributed by atoms with E-state index in [9.17, 15) is 4.79 Å². The van der Waals surface area contributed by atoms with Crippen molar-refractivity contribution in [3.63, 3.8) is 0 Å². The lowest BCUT2D eigenvalue weighted by molar-refractivity contribution is -0.129. The molecule has 2 rings (SSSR count). The van der Waals surface area contributed by atoms with Crippen LogP contribution in [0.2, 0.25) is 0 Å². The summed E-state index contributed by atoms with van der Waals surface area (Å²) in [4.78, 5) is 14.0. The van der Waals surface area contributed by atoms with E-state index in [0.29, 0.717) is 13.3 Å². The highest BCUT2D eigenvalue weighted by atomic mass is 16.5. The van der Waals surface area contributed by atoms with E-state index < -0.39 is 0 Å². The molecule has 4 heteroatoms. The van der Waals surface area contributed by atoms with Crippen molar-refractivity contribution in [1.82, 2.24) is 10.2 Å². The van der Waals surface area contributed by atoms with Crippen molar-refractivity contribution in [2.75, 3.05) is 26.9 Å². The van der Waals surface area contributed by atoms with Crippen LogP contribution in [0.15, 0.2) is 30.3 Å². The molecule has 1 amide bonds. The van der Waals surface area contributed by atoms with E-state index in [1.54, 1.807) is 7.11 Å². The van der Waals surface area contributed by atoms with Crippen molar-refractivity contribution in [1.29, 1.82) is 0 Å². The van der Waals surface area contributed by atoms with Crippen molar-refractivity contribution in [3.05, 3.63) is 35.9 Å². The first-order valence-electron chi connectivity index (χ1n) is 5.89. The summed E-state index contributed by atoms with van der Waals surface area (Å²) in [5.74, 6) is 0.160. The number of nitrogens with zero attached hydrogens (tertiary/aromatic N) is 1. The van der Waals surface area contributed by atoms with Gasteiger partial charge in [0.2, 0.25) is 5.91 Å². The molecule has 1 aromatic carbocycles. The average molecular weight is 234 g/mol. The summed E-state index contributed by atoms with van der Waals surface area (Å²) in [5, 5.41) is 3.24. The van der Waals surface area contributed by atoms with Crippen LogP contribution < -0.4 is 5.32 Å². The largest absolute Gasteiger partial charge is 0.385 e. The molecule has 1 aromatic rings. The Balaban J connectivity index is 1.94. The van der Waals surface area contributed by atoms with E-state index in [0.717, 1.165) is 18.5 Å².